The summed E-state index contributed by atoms with van der Waals surface area (Å²) in [6, 6.07) is 3.84. The molecule has 0 fully saturated rings. The molecule has 0 N–H and O–H groups in total. The number of thioether (sulfide) groups is 1. The van der Waals surface area contributed by atoms with Gasteiger partial charge in [-0.25, -0.2) is 4.68 Å². The molecule has 3 aromatic heterocycles. The molecule has 0 aliphatic carbocycles. The van der Waals surface area contributed by atoms with Crippen LogP contribution in [0, 0.1) is 0 Å². The predicted molar refractivity (Wildman–Crippen MR) is 92.8 cm³/mol. The molecule has 0 spiro atoms. The molecule has 3 heterocycles. The van der Waals surface area contributed by atoms with Crippen LogP contribution in [0.2, 0.25) is 0 Å². The average Bonchev–Trinajstić information content (AvgIpc) is 3.26. The van der Waals surface area contributed by atoms with Gasteiger partial charge in [0.15, 0.2) is 16.8 Å². The largest absolute Gasteiger partial charge is 0.383 e. The molecule has 9 nitrogen and oxygen atoms in total. The molecule has 0 bridgehead atoms. The van der Waals surface area contributed by atoms with Crippen molar-refractivity contribution in [2.75, 3.05) is 13.7 Å². The van der Waals surface area contributed by atoms with Gasteiger partial charge in [-0.15, -0.1) is 15.3 Å². The summed E-state index contributed by atoms with van der Waals surface area (Å²) < 4.78 is 9.11. The third-order valence-corrected chi connectivity index (χ3v) is 4.51. The Morgan fingerprint density at radius 3 is 2.72 bits per heavy atom. The first-order chi connectivity index (χ1) is 12.3. The molecule has 3 aromatic rings. The summed E-state index contributed by atoms with van der Waals surface area (Å²) in [5.74, 6) is 2.27. The van der Waals surface area contributed by atoms with Gasteiger partial charge >= 0.3 is 0 Å². The number of nitrogens with zero attached hydrogens (tertiary/aromatic N) is 8. The summed E-state index contributed by atoms with van der Waals surface area (Å²) in [5, 5.41) is 21.4. The number of aromatic nitrogens is 8. The van der Waals surface area contributed by atoms with Crippen LogP contribution in [0.5, 0.6) is 0 Å². The predicted octanol–water partition coefficient (Wildman–Crippen LogP) is 1.68. The number of hydrogen-bond donors (Lipinski definition) is 0. The van der Waals surface area contributed by atoms with Crippen molar-refractivity contribution in [1.29, 1.82) is 0 Å². The smallest absolute Gasteiger partial charge is 0.192 e. The van der Waals surface area contributed by atoms with Gasteiger partial charge in [-0.1, -0.05) is 18.7 Å². The van der Waals surface area contributed by atoms with Crippen molar-refractivity contribution in [3.63, 3.8) is 0 Å². The molecule has 0 amide bonds. The second kappa shape index (κ2) is 8.67. The molecule has 0 aromatic carbocycles. The van der Waals surface area contributed by atoms with Gasteiger partial charge in [0.1, 0.15) is 0 Å². The standard InChI is InChI=1S/C15H20N8OS/c1-3-8-23-13(17-20-21-23)11-25-15-19-18-14(22(15)9-10-24-2)12-4-6-16-7-5-12/h4-7H,3,8-11H2,1-2H3. The van der Waals surface area contributed by atoms with E-state index < -0.39 is 0 Å². The van der Waals surface area contributed by atoms with Crippen LogP contribution in [0.15, 0.2) is 29.7 Å². The van der Waals surface area contributed by atoms with E-state index in [0.717, 1.165) is 35.3 Å². The minimum atomic E-state index is 0.581. The molecule has 10 heteroatoms. The molecule has 0 aliphatic heterocycles. The second-order valence-corrected chi connectivity index (χ2v) is 6.24. The van der Waals surface area contributed by atoms with Gasteiger partial charge in [-0.3, -0.25) is 9.55 Å². The summed E-state index contributed by atoms with van der Waals surface area (Å²) in [6.07, 6.45) is 4.48. The first-order valence-corrected chi connectivity index (χ1v) is 9.02. The Bertz CT molecular complexity index is 788. The number of tetrazole rings is 1. The lowest BCUT2D eigenvalue weighted by atomic mass is 10.2. The molecule has 0 atom stereocenters. The SMILES string of the molecule is CCCn1nnnc1CSc1nnc(-c2ccncc2)n1CCOC. The van der Waals surface area contributed by atoms with Crippen LogP contribution in [0.1, 0.15) is 19.2 Å². The van der Waals surface area contributed by atoms with Crippen molar-refractivity contribution in [3.05, 3.63) is 30.4 Å². The van der Waals surface area contributed by atoms with E-state index >= 15 is 0 Å². The molecule has 0 radical (unpaired) electrons. The topological polar surface area (TPSA) is 96.4 Å². The molecule has 25 heavy (non-hydrogen) atoms. The van der Waals surface area contributed by atoms with Crippen molar-refractivity contribution in [3.8, 4) is 11.4 Å². The first kappa shape index (κ1) is 17.5. The quantitative estimate of drug-likeness (QED) is 0.532. The van der Waals surface area contributed by atoms with E-state index in [1.54, 1.807) is 31.3 Å². The summed E-state index contributed by atoms with van der Waals surface area (Å²) in [5.41, 5.74) is 0.973. The molecule has 132 valence electrons. The maximum atomic E-state index is 5.23. The molecular weight excluding hydrogens is 340 g/mol. The fourth-order valence-corrected chi connectivity index (χ4v) is 3.23. The minimum Gasteiger partial charge on any atom is -0.383 e. The Morgan fingerprint density at radius 2 is 1.96 bits per heavy atom. The maximum absolute atomic E-state index is 5.23. The lowest BCUT2D eigenvalue weighted by Gasteiger charge is -2.09. The van der Waals surface area contributed by atoms with E-state index in [0.29, 0.717) is 18.9 Å². The Morgan fingerprint density at radius 1 is 1.12 bits per heavy atom. The summed E-state index contributed by atoms with van der Waals surface area (Å²) in [7, 11) is 1.68. The Labute approximate surface area is 149 Å². The fourth-order valence-electron chi connectivity index (χ4n) is 2.34. The van der Waals surface area contributed by atoms with E-state index in [4.69, 9.17) is 4.74 Å². The van der Waals surface area contributed by atoms with Crippen molar-refractivity contribution >= 4 is 11.8 Å². The van der Waals surface area contributed by atoms with Gasteiger partial charge < -0.3 is 4.74 Å². The average molecular weight is 360 g/mol. The zero-order valence-corrected chi connectivity index (χ0v) is 15.1. The van der Waals surface area contributed by atoms with Crippen LogP contribution in [0.25, 0.3) is 11.4 Å². The van der Waals surface area contributed by atoms with E-state index in [9.17, 15) is 0 Å². The van der Waals surface area contributed by atoms with Crippen LogP contribution in [-0.2, 0) is 23.6 Å². The van der Waals surface area contributed by atoms with Crippen molar-refractivity contribution < 1.29 is 4.74 Å². The molecule has 0 unspecified atom stereocenters. The number of ether oxygens (including phenoxy) is 1. The second-order valence-electron chi connectivity index (χ2n) is 5.29. The van der Waals surface area contributed by atoms with Gasteiger partial charge in [0.2, 0.25) is 0 Å². The van der Waals surface area contributed by atoms with Crippen LogP contribution in [0.3, 0.4) is 0 Å². The Kier molecular flexibility index (Phi) is 6.07. The zero-order chi connectivity index (χ0) is 17.5. The van der Waals surface area contributed by atoms with Crippen LogP contribution in [0.4, 0.5) is 0 Å². The third-order valence-electron chi connectivity index (χ3n) is 3.55. The molecule has 3 rings (SSSR count). The molecular formula is C15H20N8OS. The van der Waals surface area contributed by atoms with Gasteiger partial charge in [-0.2, -0.15) is 0 Å². The maximum Gasteiger partial charge on any atom is 0.192 e. The fraction of sp³-hybridized carbons (Fsp3) is 0.467. The van der Waals surface area contributed by atoms with Gasteiger partial charge in [0, 0.05) is 31.6 Å². The normalized spacial score (nSPS) is 11.1. The van der Waals surface area contributed by atoms with Crippen LogP contribution >= 0.6 is 11.8 Å². The third kappa shape index (κ3) is 4.20. The highest BCUT2D eigenvalue weighted by molar-refractivity contribution is 7.98. The van der Waals surface area contributed by atoms with Crippen molar-refractivity contribution in [1.82, 2.24) is 40.0 Å². The minimum absolute atomic E-state index is 0.581. The van der Waals surface area contributed by atoms with Crippen LogP contribution in [-0.4, -0.2) is 53.7 Å². The van der Waals surface area contributed by atoms with Gasteiger partial charge in [0.25, 0.3) is 0 Å². The van der Waals surface area contributed by atoms with Crippen molar-refractivity contribution in [2.24, 2.45) is 0 Å². The highest BCUT2D eigenvalue weighted by Gasteiger charge is 2.16. The zero-order valence-electron chi connectivity index (χ0n) is 14.2. The lowest BCUT2D eigenvalue weighted by Crippen LogP contribution is -2.08. The molecule has 0 saturated heterocycles. The highest BCUT2D eigenvalue weighted by atomic mass is 32.2. The van der Waals surface area contributed by atoms with Gasteiger partial charge in [-0.05, 0) is 29.0 Å². The molecule has 0 saturated carbocycles. The van der Waals surface area contributed by atoms with E-state index in [1.165, 1.54) is 0 Å². The van der Waals surface area contributed by atoms with Crippen molar-refractivity contribution in [2.45, 2.75) is 37.3 Å². The summed E-state index contributed by atoms with van der Waals surface area (Å²) in [4.78, 5) is 4.05. The van der Waals surface area contributed by atoms with E-state index in [-0.39, 0.29) is 0 Å². The number of methoxy groups -OCH3 is 1. The summed E-state index contributed by atoms with van der Waals surface area (Å²) in [6.45, 7) is 4.16. The molecule has 0 aliphatic rings. The number of rotatable bonds is 9. The number of aryl methyl sites for hydroxylation is 1. The Hall–Kier alpha value is -2.33. The monoisotopic (exact) mass is 360 g/mol. The van der Waals surface area contributed by atoms with E-state index in [1.807, 2.05) is 16.8 Å². The first-order valence-electron chi connectivity index (χ1n) is 8.03. The lowest BCUT2D eigenvalue weighted by molar-refractivity contribution is 0.185. The Balaban J connectivity index is 1.80. The highest BCUT2D eigenvalue weighted by Crippen LogP contribution is 2.25. The van der Waals surface area contributed by atoms with Gasteiger partial charge in [0.05, 0.1) is 18.9 Å². The number of hydrogen-bond acceptors (Lipinski definition) is 8. The van der Waals surface area contributed by atoms with Crippen LogP contribution < -0.4 is 0 Å². The van der Waals surface area contributed by atoms with E-state index in [2.05, 4.69) is 42.2 Å². The number of pyridine rings is 1. The summed E-state index contributed by atoms with van der Waals surface area (Å²) >= 11 is 1.57.